The van der Waals surface area contributed by atoms with Crippen LogP contribution in [0.2, 0.25) is 0 Å². The number of benzene rings is 2. The summed E-state index contributed by atoms with van der Waals surface area (Å²) in [4.78, 5) is 11.6. The van der Waals surface area contributed by atoms with E-state index < -0.39 is 16.1 Å². The van der Waals surface area contributed by atoms with Crippen molar-refractivity contribution in [2.45, 2.75) is 30.7 Å². The number of nitrogens with zero attached hydrogens (tertiary/aromatic N) is 1. The van der Waals surface area contributed by atoms with E-state index >= 15 is 0 Å². The van der Waals surface area contributed by atoms with E-state index in [1.54, 1.807) is 31.2 Å². The Morgan fingerprint density at radius 1 is 1.12 bits per heavy atom. The van der Waals surface area contributed by atoms with Gasteiger partial charge in [-0.15, -0.1) is 0 Å². The molecule has 132 valence electrons. The summed E-state index contributed by atoms with van der Waals surface area (Å²) in [6.07, 6.45) is 0.861. The third-order valence-electron chi connectivity index (χ3n) is 4.55. The fourth-order valence-electron chi connectivity index (χ4n) is 2.85. The molecule has 0 saturated heterocycles. The Labute approximate surface area is 146 Å². The highest BCUT2D eigenvalue weighted by Gasteiger charge is 2.27. The third kappa shape index (κ3) is 3.43. The van der Waals surface area contributed by atoms with Gasteiger partial charge in [0.15, 0.2) is 0 Å². The van der Waals surface area contributed by atoms with E-state index in [0.717, 1.165) is 5.56 Å². The van der Waals surface area contributed by atoms with Gasteiger partial charge in [-0.1, -0.05) is 12.1 Å². The van der Waals surface area contributed by atoms with Gasteiger partial charge in [0, 0.05) is 25.2 Å². The first-order valence-corrected chi connectivity index (χ1v) is 9.39. The molecular formula is C18H19FN2O3S. The topological polar surface area (TPSA) is 66.5 Å². The van der Waals surface area contributed by atoms with E-state index in [2.05, 4.69) is 5.32 Å². The number of carbonyl (C=O) groups excluding carboxylic acids is 1. The van der Waals surface area contributed by atoms with Crippen LogP contribution in [0.1, 0.15) is 30.5 Å². The highest BCUT2D eigenvalue weighted by atomic mass is 32.2. The molecule has 0 fully saturated rings. The number of sulfonamides is 1. The molecular weight excluding hydrogens is 343 g/mol. The largest absolute Gasteiger partial charge is 0.326 e. The van der Waals surface area contributed by atoms with Crippen LogP contribution >= 0.6 is 0 Å². The third-order valence-corrected chi connectivity index (χ3v) is 6.47. The van der Waals surface area contributed by atoms with Gasteiger partial charge in [-0.05, 0) is 54.8 Å². The van der Waals surface area contributed by atoms with Gasteiger partial charge in [-0.25, -0.2) is 12.8 Å². The highest BCUT2D eigenvalue weighted by Crippen LogP contribution is 2.30. The molecule has 1 atom stereocenters. The van der Waals surface area contributed by atoms with Crippen molar-refractivity contribution in [2.75, 3.05) is 12.4 Å². The molecule has 3 rings (SSSR count). The van der Waals surface area contributed by atoms with Gasteiger partial charge in [0.1, 0.15) is 5.82 Å². The van der Waals surface area contributed by atoms with Crippen LogP contribution in [-0.2, 0) is 21.2 Å². The molecule has 0 aliphatic carbocycles. The highest BCUT2D eigenvalue weighted by molar-refractivity contribution is 7.89. The monoisotopic (exact) mass is 362 g/mol. The van der Waals surface area contributed by atoms with Crippen molar-refractivity contribution in [3.05, 3.63) is 59.4 Å². The number of carbonyl (C=O) groups is 1. The van der Waals surface area contributed by atoms with Crippen LogP contribution in [0, 0.1) is 5.82 Å². The Morgan fingerprint density at radius 2 is 1.80 bits per heavy atom. The molecule has 1 unspecified atom stereocenters. The summed E-state index contributed by atoms with van der Waals surface area (Å²) in [7, 11) is -2.21. The predicted octanol–water partition coefficient (Wildman–Crippen LogP) is 3.09. The normalized spacial score (nSPS) is 15.6. The number of aryl methyl sites for hydroxylation is 1. The Kier molecular flexibility index (Phi) is 4.62. The number of nitrogens with one attached hydrogen (secondary N) is 1. The smallest absolute Gasteiger partial charge is 0.243 e. The lowest BCUT2D eigenvalue weighted by Crippen LogP contribution is -2.30. The van der Waals surface area contributed by atoms with E-state index in [0.29, 0.717) is 24.1 Å². The molecule has 0 spiro atoms. The van der Waals surface area contributed by atoms with Gasteiger partial charge in [0.2, 0.25) is 15.9 Å². The van der Waals surface area contributed by atoms with Crippen molar-refractivity contribution >= 4 is 21.6 Å². The average molecular weight is 362 g/mol. The molecule has 0 aromatic heterocycles. The maximum absolute atomic E-state index is 13.1. The molecule has 2 aromatic carbocycles. The molecule has 0 radical (unpaired) electrons. The molecule has 25 heavy (non-hydrogen) atoms. The maximum Gasteiger partial charge on any atom is 0.243 e. The minimum Gasteiger partial charge on any atom is -0.326 e. The zero-order valence-electron chi connectivity index (χ0n) is 14.0. The van der Waals surface area contributed by atoms with Crippen LogP contribution in [-0.4, -0.2) is 25.7 Å². The zero-order chi connectivity index (χ0) is 18.2. The minimum absolute atomic E-state index is 0.0647. The number of halogens is 1. The van der Waals surface area contributed by atoms with Crippen LogP contribution in [0.5, 0.6) is 0 Å². The van der Waals surface area contributed by atoms with Gasteiger partial charge < -0.3 is 5.32 Å². The van der Waals surface area contributed by atoms with Crippen LogP contribution < -0.4 is 5.32 Å². The van der Waals surface area contributed by atoms with Crippen LogP contribution in [0.4, 0.5) is 10.1 Å². The van der Waals surface area contributed by atoms with Crippen LogP contribution in [0.15, 0.2) is 47.4 Å². The first kappa shape index (κ1) is 17.6. The molecule has 1 heterocycles. The predicted molar refractivity (Wildman–Crippen MR) is 93.2 cm³/mol. The Balaban J connectivity index is 1.90. The van der Waals surface area contributed by atoms with E-state index in [-0.39, 0.29) is 16.6 Å². The maximum atomic E-state index is 13.1. The molecule has 1 aliphatic rings. The number of rotatable bonds is 4. The summed E-state index contributed by atoms with van der Waals surface area (Å²) < 4.78 is 40.2. The lowest BCUT2D eigenvalue weighted by molar-refractivity contribution is -0.116. The van der Waals surface area contributed by atoms with Crippen molar-refractivity contribution in [3.63, 3.8) is 0 Å². The second-order valence-corrected chi connectivity index (χ2v) is 8.11. The van der Waals surface area contributed by atoms with E-state index in [1.807, 2.05) is 0 Å². The van der Waals surface area contributed by atoms with Gasteiger partial charge in [0.05, 0.1) is 4.90 Å². The summed E-state index contributed by atoms with van der Waals surface area (Å²) in [6.45, 7) is 1.75. The molecule has 0 saturated carbocycles. The minimum atomic E-state index is -3.72. The van der Waals surface area contributed by atoms with Crippen molar-refractivity contribution in [2.24, 2.45) is 0 Å². The lowest BCUT2D eigenvalue weighted by Gasteiger charge is -2.25. The molecule has 1 amide bonds. The second-order valence-electron chi connectivity index (χ2n) is 6.12. The Hall–Kier alpha value is -2.25. The molecule has 2 aromatic rings. The van der Waals surface area contributed by atoms with Gasteiger partial charge in [0.25, 0.3) is 0 Å². The van der Waals surface area contributed by atoms with E-state index in [4.69, 9.17) is 0 Å². The molecule has 1 N–H and O–H groups in total. The van der Waals surface area contributed by atoms with E-state index in [1.165, 1.54) is 29.6 Å². The quantitative estimate of drug-likeness (QED) is 0.909. The summed E-state index contributed by atoms with van der Waals surface area (Å²) >= 11 is 0. The molecule has 0 bridgehead atoms. The summed E-state index contributed by atoms with van der Waals surface area (Å²) in [6, 6.07) is 10.1. The van der Waals surface area contributed by atoms with Gasteiger partial charge in [-0.3, -0.25) is 4.79 Å². The SMILES string of the molecule is CC(c1ccc(F)cc1)N(C)S(=O)(=O)c1ccc2c(c1)CCC(=O)N2. The number of hydrogen-bond acceptors (Lipinski definition) is 3. The Morgan fingerprint density at radius 3 is 2.48 bits per heavy atom. The van der Waals surface area contributed by atoms with Crippen molar-refractivity contribution in [3.8, 4) is 0 Å². The van der Waals surface area contributed by atoms with Gasteiger partial charge >= 0.3 is 0 Å². The summed E-state index contributed by atoms with van der Waals surface area (Å²) in [5, 5.41) is 2.74. The lowest BCUT2D eigenvalue weighted by atomic mass is 10.0. The summed E-state index contributed by atoms with van der Waals surface area (Å²) in [5.41, 5.74) is 2.17. The fraction of sp³-hybridized carbons (Fsp3) is 0.278. The van der Waals surface area contributed by atoms with E-state index in [9.17, 15) is 17.6 Å². The first-order valence-electron chi connectivity index (χ1n) is 7.95. The number of fused-ring (bicyclic) bond motifs is 1. The summed E-state index contributed by atoms with van der Waals surface area (Å²) in [5.74, 6) is -0.427. The second kappa shape index (κ2) is 6.57. The first-order chi connectivity index (χ1) is 11.8. The fourth-order valence-corrected chi connectivity index (χ4v) is 4.25. The molecule has 7 heteroatoms. The average Bonchev–Trinajstić information content (AvgIpc) is 2.60. The van der Waals surface area contributed by atoms with Crippen molar-refractivity contribution in [1.29, 1.82) is 0 Å². The molecule has 5 nitrogen and oxygen atoms in total. The van der Waals surface area contributed by atoms with Crippen LogP contribution in [0.3, 0.4) is 0 Å². The van der Waals surface area contributed by atoms with Gasteiger partial charge in [-0.2, -0.15) is 4.31 Å². The van der Waals surface area contributed by atoms with Crippen LogP contribution in [0.25, 0.3) is 0 Å². The Bertz CT molecular complexity index is 910. The van der Waals surface area contributed by atoms with Crippen molar-refractivity contribution in [1.82, 2.24) is 4.31 Å². The molecule has 1 aliphatic heterocycles. The number of hydrogen-bond donors (Lipinski definition) is 1. The standard InChI is InChI=1S/C18H19FN2O3S/c1-12(13-3-6-15(19)7-4-13)21(2)25(23,24)16-8-9-17-14(11-16)5-10-18(22)20-17/h3-4,6-9,11-12H,5,10H2,1-2H3,(H,20,22). The number of anilines is 1. The zero-order valence-corrected chi connectivity index (χ0v) is 14.8. The van der Waals surface area contributed by atoms with Crippen molar-refractivity contribution < 1.29 is 17.6 Å². The number of amides is 1.